The van der Waals surface area contributed by atoms with Gasteiger partial charge in [-0.05, 0) is 18.8 Å². The van der Waals surface area contributed by atoms with Crippen LogP contribution in [0.4, 0.5) is 0 Å². The van der Waals surface area contributed by atoms with Crippen LogP contribution in [0.3, 0.4) is 0 Å². The minimum atomic E-state index is -0.784. The Labute approximate surface area is 80.5 Å². The molecule has 0 fully saturated rings. The molecular weight excluding hydrogens is 166 g/mol. The van der Waals surface area contributed by atoms with Crippen LogP contribution >= 0.6 is 0 Å². The Morgan fingerprint density at radius 3 is 2.00 bits per heavy atom. The lowest BCUT2D eigenvalue weighted by atomic mass is 9.93. The van der Waals surface area contributed by atoms with Crippen LogP contribution in [-0.2, 0) is 4.79 Å². The van der Waals surface area contributed by atoms with Gasteiger partial charge in [0.1, 0.15) is 5.54 Å². The van der Waals surface area contributed by atoms with Gasteiger partial charge in [0, 0.05) is 6.54 Å². The highest BCUT2D eigenvalue weighted by molar-refractivity contribution is 5.78. The maximum Gasteiger partial charge on any atom is 0.323 e. The van der Waals surface area contributed by atoms with Crippen molar-refractivity contribution in [2.24, 2.45) is 5.41 Å². The van der Waals surface area contributed by atoms with E-state index in [0.29, 0.717) is 13.0 Å². The Kier molecular flexibility index (Phi) is 3.91. The average Bonchev–Trinajstić information content (AvgIpc) is 1.98. The van der Waals surface area contributed by atoms with Crippen molar-refractivity contribution in [1.29, 1.82) is 0 Å². The van der Waals surface area contributed by atoms with Gasteiger partial charge in [-0.2, -0.15) is 0 Å². The minimum absolute atomic E-state index is 0.117. The molecule has 3 nitrogen and oxygen atoms in total. The van der Waals surface area contributed by atoms with E-state index in [4.69, 9.17) is 5.11 Å². The summed E-state index contributed by atoms with van der Waals surface area (Å²) in [5.41, 5.74) is -0.668. The predicted molar refractivity (Wildman–Crippen MR) is 53.8 cm³/mol. The molecular formula is C10H21NO2. The van der Waals surface area contributed by atoms with Crippen molar-refractivity contribution in [2.45, 2.75) is 46.6 Å². The van der Waals surface area contributed by atoms with Crippen molar-refractivity contribution in [3.8, 4) is 0 Å². The van der Waals surface area contributed by atoms with Gasteiger partial charge in [-0.15, -0.1) is 0 Å². The van der Waals surface area contributed by atoms with E-state index in [1.165, 1.54) is 0 Å². The standard InChI is InChI=1S/C10H21NO2/c1-6-10(5,8(12)13)11-7-9(2,3)4/h11H,6-7H2,1-5H3,(H,12,13)/t10-/m1/s1. The largest absolute Gasteiger partial charge is 0.480 e. The number of hydrogen-bond acceptors (Lipinski definition) is 2. The summed E-state index contributed by atoms with van der Waals surface area (Å²) in [6.07, 6.45) is 0.596. The first kappa shape index (κ1) is 12.4. The molecule has 0 radical (unpaired) electrons. The molecule has 0 aromatic heterocycles. The van der Waals surface area contributed by atoms with Crippen molar-refractivity contribution in [2.75, 3.05) is 6.54 Å². The van der Waals surface area contributed by atoms with Crippen molar-refractivity contribution >= 4 is 5.97 Å². The molecule has 0 bridgehead atoms. The molecule has 0 aromatic carbocycles. The number of aliphatic carboxylic acids is 1. The van der Waals surface area contributed by atoms with Crippen LogP contribution in [0.5, 0.6) is 0 Å². The molecule has 0 saturated heterocycles. The van der Waals surface area contributed by atoms with Crippen molar-refractivity contribution in [3.63, 3.8) is 0 Å². The summed E-state index contributed by atoms with van der Waals surface area (Å²) in [7, 11) is 0. The second-order valence-corrected chi connectivity index (χ2v) is 4.91. The van der Waals surface area contributed by atoms with Gasteiger partial charge in [0.25, 0.3) is 0 Å². The SMILES string of the molecule is CC[C@@](C)(NCC(C)(C)C)C(=O)O. The van der Waals surface area contributed by atoms with Gasteiger partial charge in [-0.3, -0.25) is 4.79 Å². The smallest absolute Gasteiger partial charge is 0.323 e. The number of nitrogens with one attached hydrogen (secondary N) is 1. The highest BCUT2D eigenvalue weighted by Gasteiger charge is 2.31. The number of carbonyl (C=O) groups is 1. The molecule has 3 heteroatoms. The maximum atomic E-state index is 10.9. The van der Waals surface area contributed by atoms with Crippen LogP contribution in [-0.4, -0.2) is 23.2 Å². The topological polar surface area (TPSA) is 49.3 Å². The molecule has 78 valence electrons. The van der Waals surface area contributed by atoms with Crippen molar-refractivity contribution in [1.82, 2.24) is 5.32 Å². The van der Waals surface area contributed by atoms with Crippen LogP contribution in [0.2, 0.25) is 0 Å². The number of rotatable bonds is 4. The second kappa shape index (κ2) is 4.09. The average molecular weight is 187 g/mol. The zero-order chi connectivity index (χ0) is 10.7. The fraction of sp³-hybridized carbons (Fsp3) is 0.900. The third kappa shape index (κ3) is 4.27. The van der Waals surface area contributed by atoms with Crippen LogP contribution in [0.1, 0.15) is 41.0 Å². The van der Waals surface area contributed by atoms with Crippen LogP contribution in [0.25, 0.3) is 0 Å². The quantitative estimate of drug-likeness (QED) is 0.706. The number of hydrogen-bond donors (Lipinski definition) is 2. The summed E-state index contributed by atoms with van der Waals surface area (Å²) in [5.74, 6) is -0.778. The minimum Gasteiger partial charge on any atom is -0.480 e. The van der Waals surface area contributed by atoms with Crippen molar-refractivity contribution in [3.05, 3.63) is 0 Å². The Morgan fingerprint density at radius 2 is 1.77 bits per heavy atom. The second-order valence-electron chi connectivity index (χ2n) is 4.91. The van der Waals surface area contributed by atoms with E-state index in [1.807, 2.05) is 6.92 Å². The Hall–Kier alpha value is -0.570. The fourth-order valence-electron chi connectivity index (χ4n) is 0.812. The molecule has 0 aliphatic heterocycles. The van der Waals surface area contributed by atoms with E-state index in [9.17, 15) is 4.79 Å². The number of carboxylic acids is 1. The summed E-state index contributed by atoms with van der Waals surface area (Å²) in [4.78, 5) is 10.9. The summed E-state index contributed by atoms with van der Waals surface area (Å²) < 4.78 is 0. The molecule has 0 aromatic rings. The van der Waals surface area contributed by atoms with E-state index in [-0.39, 0.29) is 5.41 Å². The molecule has 1 atom stereocenters. The first-order valence-corrected chi connectivity index (χ1v) is 4.70. The molecule has 0 rings (SSSR count). The summed E-state index contributed by atoms with van der Waals surface area (Å²) in [6.45, 7) is 10.6. The third-order valence-corrected chi connectivity index (χ3v) is 2.19. The molecule has 0 amide bonds. The van der Waals surface area contributed by atoms with Gasteiger partial charge in [0.2, 0.25) is 0 Å². The van der Waals surface area contributed by atoms with Gasteiger partial charge in [0.05, 0.1) is 0 Å². The molecule has 0 aliphatic rings. The van der Waals surface area contributed by atoms with Crippen LogP contribution in [0.15, 0.2) is 0 Å². The Balaban J connectivity index is 4.22. The fourth-order valence-corrected chi connectivity index (χ4v) is 0.812. The monoisotopic (exact) mass is 187 g/mol. The van der Waals surface area contributed by atoms with Crippen LogP contribution < -0.4 is 5.32 Å². The molecule has 0 unspecified atom stereocenters. The highest BCUT2D eigenvalue weighted by atomic mass is 16.4. The molecule has 0 heterocycles. The zero-order valence-electron chi connectivity index (χ0n) is 9.27. The summed E-state index contributed by atoms with van der Waals surface area (Å²) in [5, 5.41) is 12.1. The Bertz CT molecular complexity index is 184. The lowest BCUT2D eigenvalue weighted by Gasteiger charge is -2.29. The lowest BCUT2D eigenvalue weighted by Crippen LogP contribution is -2.51. The van der Waals surface area contributed by atoms with Gasteiger partial charge >= 0.3 is 5.97 Å². The maximum absolute atomic E-state index is 10.9. The Morgan fingerprint density at radius 1 is 1.31 bits per heavy atom. The molecule has 2 N–H and O–H groups in total. The van der Waals surface area contributed by atoms with Crippen molar-refractivity contribution < 1.29 is 9.90 Å². The van der Waals surface area contributed by atoms with Gasteiger partial charge in [0.15, 0.2) is 0 Å². The van der Waals surface area contributed by atoms with Crippen LogP contribution in [0, 0.1) is 5.41 Å². The third-order valence-electron chi connectivity index (χ3n) is 2.19. The predicted octanol–water partition coefficient (Wildman–Crippen LogP) is 1.88. The first-order chi connectivity index (χ1) is 5.71. The molecule has 0 saturated carbocycles. The normalized spacial score (nSPS) is 16.7. The first-order valence-electron chi connectivity index (χ1n) is 4.70. The molecule has 0 spiro atoms. The van der Waals surface area contributed by atoms with Gasteiger partial charge in [-0.25, -0.2) is 0 Å². The van der Waals surface area contributed by atoms with Gasteiger partial charge in [-0.1, -0.05) is 27.7 Å². The van der Waals surface area contributed by atoms with E-state index < -0.39 is 11.5 Å². The lowest BCUT2D eigenvalue weighted by molar-refractivity contribution is -0.144. The molecule has 13 heavy (non-hydrogen) atoms. The summed E-state index contributed by atoms with van der Waals surface area (Å²) >= 11 is 0. The van der Waals surface area contributed by atoms with Gasteiger partial charge < -0.3 is 10.4 Å². The zero-order valence-corrected chi connectivity index (χ0v) is 9.27. The summed E-state index contributed by atoms with van der Waals surface area (Å²) in [6, 6.07) is 0. The number of carboxylic acid groups (broad SMARTS) is 1. The van der Waals surface area contributed by atoms with E-state index in [2.05, 4.69) is 26.1 Å². The highest BCUT2D eigenvalue weighted by Crippen LogP contribution is 2.15. The van der Waals surface area contributed by atoms with E-state index in [1.54, 1.807) is 6.92 Å². The molecule has 0 aliphatic carbocycles. The van der Waals surface area contributed by atoms with E-state index in [0.717, 1.165) is 0 Å². The van der Waals surface area contributed by atoms with E-state index >= 15 is 0 Å².